The Morgan fingerprint density at radius 2 is 1.67 bits per heavy atom. The molecule has 0 spiro atoms. The predicted molar refractivity (Wildman–Crippen MR) is 69.8 cm³/mol. The van der Waals surface area contributed by atoms with Gasteiger partial charge < -0.3 is 0 Å². The van der Waals surface area contributed by atoms with Gasteiger partial charge in [-0.2, -0.15) is 0 Å². The lowest BCUT2D eigenvalue weighted by molar-refractivity contribution is 1.26. The van der Waals surface area contributed by atoms with Crippen LogP contribution < -0.4 is 0 Å². The molecule has 0 aliphatic rings. The predicted octanol–water partition coefficient (Wildman–Crippen LogP) is 4.58. The molecule has 1 aromatic carbocycles. The average molecular weight is 327 g/mol. The zero-order valence-electron chi connectivity index (χ0n) is 8.17. The van der Waals surface area contributed by atoms with Crippen LogP contribution >= 0.6 is 31.9 Å². The molecule has 3 heteroatoms. The normalized spacial score (nSPS) is 10.3. The van der Waals surface area contributed by atoms with Gasteiger partial charge in [-0.05, 0) is 50.4 Å². The van der Waals surface area contributed by atoms with E-state index < -0.39 is 0 Å². The molecule has 2 aromatic rings. The molecular weight excluding hydrogens is 318 g/mol. The Morgan fingerprint density at radius 1 is 1.00 bits per heavy atom. The van der Waals surface area contributed by atoms with Gasteiger partial charge in [0, 0.05) is 16.2 Å². The minimum Gasteiger partial charge on any atom is -0.249 e. The summed E-state index contributed by atoms with van der Waals surface area (Å²) in [6.07, 6.45) is 1.77. The van der Waals surface area contributed by atoms with Crippen LogP contribution in [-0.4, -0.2) is 4.98 Å². The van der Waals surface area contributed by atoms with Crippen LogP contribution in [0.4, 0.5) is 0 Å². The SMILES string of the molecule is Cc1ccc(-c2c(Br)ccnc2Br)cc1. The van der Waals surface area contributed by atoms with E-state index in [-0.39, 0.29) is 0 Å². The third kappa shape index (κ3) is 2.29. The van der Waals surface area contributed by atoms with Crippen molar-refractivity contribution in [2.75, 3.05) is 0 Å². The highest BCUT2D eigenvalue weighted by Crippen LogP contribution is 2.33. The number of aryl methyl sites for hydroxylation is 1. The van der Waals surface area contributed by atoms with Gasteiger partial charge in [0.05, 0.1) is 0 Å². The van der Waals surface area contributed by atoms with Gasteiger partial charge >= 0.3 is 0 Å². The zero-order chi connectivity index (χ0) is 10.8. The van der Waals surface area contributed by atoms with Crippen LogP contribution in [0.25, 0.3) is 11.1 Å². The third-order valence-electron chi connectivity index (χ3n) is 2.19. The Morgan fingerprint density at radius 3 is 2.27 bits per heavy atom. The van der Waals surface area contributed by atoms with E-state index in [4.69, 9.17) is 0 Å². The summed E-state index contributed by atoms with van der Waals surface area (Å²) in [5.41, 5.74) is 3.51. The molecule has 0 aliphatic carbocycles. The van der Waals surface area contributed by atoms with E-state index in [9.17, 15) is 0 Å². The fraction of sp³-hybridized carbons (Fsp3) is 0.0833. The van der Waals surface area contributed by atoms with Crippen molar-refractivity contribution in [1.82, 2.24) is 4.98 Å². The van der Waals surface area contributed by atoms with Crippen LogP contribution in [0.5, 0.6) is 0 Å². The van der Waals surface area contributed by atoms with Crippen molar-refractivity contribution in [2.24, 2.45) is 0 Å². The summed E-state index contributed by atoms with van der Waals surface area (Å²) in [7, 11) is 0. The maximum Gasteiger partial charge on any atom is 0.115 e. The molecule has 0 atom stereocenters. The second-order valence-corrected chi connectivity index (χ2v) is 4.93. The fourth-order valence-electron chi connectivity index (χ4n) is 1.39. The molecule has 0 N–H and O–H groups in total. The van der Waals surface area contributed by atoms with Crippen LogP contribution in [-0.2, 0) is 0 Å². The number of hydrogen-bond acceptors (Lipinski definition) is 1. The van der Waals surface area contributed by atoms with E-state index in [1.54, 1.807) is 6.20 Å². The van der Waals surface area contributed by atoms with Crippen LogP contribution in [0.1, 0.15) is 5.56 Å². The average Bonchev–Trinajstić information content (AvgIpc) is 2.20. The van der Waals surface area contributed by atoms with E-state index in [1.165, 1.54) is 5.56 Å². The van der Waals surface area contributed by atoms with Gasteiger partial charge in [0.15, 0.2) is 0 Å². The smallest absolute Gasteiger partial charge is 0.115 e. The van der Waals surface area contributed by atoms with Crippen LogP contribution in [0.15, 0.2) is 45.6 Å². The maximum absolute atomic E-state index is 4.23. The lowest BCUT2D eigenvalue weighted by Crippen LogP contribution is -1.85. The first-order valence-electron chi connectivity index (χ1n) is 4.55. The first-order chi connectivity index (χ1) is 7.18. The quantitative estimate of drug-likeness (QED) is 0.699. The summed E-state index contributed by atoms with van der Waals surface area (Å²) in [6.45, 7) is 2.08. The highest BCUT2D eigenvalue weighted by atomic mass is 79.9. The summed E-state index contributed by atoms with van der Waals surface area (Å²) >= 11 is 6.99. The molecule has 0 radical (unpaired) electrons. The third-order valence-corrected chi connectivity index (χ3v) is 3.46. The number of nitrogens with zero attached hydrogens (tertiary/aromatic N) is 1. The lowest BCUT2D eigenvalue weighted by atomic mass is 10.1. The Kier molecular flexibility index (Phi) is 3.22. The summed E-state index contributed by atoms with van der Waals surface area (Å²) in [5, 5.41) is 0. The van der Waals surface area contributed by atoms with E-state index in [0.29, 0.717) is 0 Å². The molecule has 0 bridgehead atoms. The Labute approximate surface area is 106 Å². The van der Waals surface area contributed by atoms with Crippen molar-refractivity contribution in [3.63, 3.8) is 0 Å². The van der Waals surface area contributed by atoms with Crippen LogP contribution in [0.2, 0.25) is 0 Å². The molecule has 0 saturated carbocycles. The van der Waals surface area contributed by atoms with Gasteiger partial charge in [-0.3, -0.25) is 0 Å². The van der Waals surface area contributed by atoms with Gasteiger partial charge in [-0.1, -0.05) is 29.8 Å². The first kappa shape index (κ1) is 10.8. The molecule has 0 saturated heterocycles. The summed E-state index contributed by atoms with van der Waals surface area (Å²) in [4.78, 5) is 4.23. The topological polar surface area (TPSA) is 12.9 Å². The van der Waals surface area contributed by atoms with E-state index in [2.05, 4.69) is 68.0 Å². The van der Waals surface area contributed by atoms with Crippen LogP contribution in [0.3, 0.4) is 0 Å². The standard InChI is InChI=1S/C12H9Br2N/c1-8-2-4-9(5-3-8)11-10(13)6-7-15-12(11)14/h2-7H,1H3. The van der Waals surface area contributed by atoms with Gasteiger partial charge in [0.2, 0.25) is 0 Å². The molecule has 0 amide bonds. The molecule has 0 unspecified atom stereocenters. The molecule has 15 heavy (non-hydrogen) atoms. The monoisotopic (exact) mass is 325 g/mol. The van der Waals surface area contributed by atoms with Gasteiger partial charge in [0.1, 0.15) is 4.60 Å². The number of aromatic nitrogens is 1. The molecule has 1 aromatic heterocycles. The highest BCUT2D eigenvalue weighted by molar-refractivity contribution is 9.11. The summed E-state index contributed by atoms with van der Waals surface area (Å²) < 4.78 is 1.91. The molecule has 0 fully saturated rings. The number of pyridine rings is 1. The van der Waals surface area contributed by atoms with Crippen molar-refractivity contribution >= 4 is 31.9 Å². The van der Waals surface area contributed by atoms with Crippen molar-refractivity contribution in [3.05, 3.63) is 51.2 Å². The van der Waals surface area contributed by atoms with E-state index >= 15 is 0 Å². The number of benzene rings is 1. The molecule has 0 aliphatic heterocycles. The minimum atomic E-state index is 0.862. The Balaban J connectivity index is 2.58. The zero-order valence-corrected chi connectivity index (χ0v) is 11.3. The molecule has 76 valence electrons. The van der Waals surface area contributed by atoms with Crippen molar-refractivity contribution in [1.29, 1.82) is 0 Å². The molecular formula is C12H9Br2N. The minimum absolute atomic E-state index is 0.862. The van der Waals surface area contributed by atoms with E-state index in [0.717, 1.165) is 20.2 Å². The fourth-order valence-corrected chi connectivity index (χ4v) is 2.75. The summed E-state index contributed by atoms with van der Waals surface area (Å²) in [6, 6.07) is 10.3. The van der Waals surface area contributed by atoms with Gasteiger partial charge in [-0.25, -0.2) is 4.98 Å². The lowest BCUT2D eigenvalue weighted by Gasteiger charge is -2.06. The Bertz CT molecular complexity index is 457. The van der Waals surface area contributed by atoms with Crippen molar-refractivity contribution < 1.29 is 0 Å². The van der Waals surface area contributed by atoms with Gasteiger partial charge in [0.25, 0.3) is 0 Å². The van der Waals surface area contributed by atoms with Crippen molar-refractivity contribution in [2.45, 2.75) is 6.92 Å². The second-order valence-electron chi connectivity index (χ2n) is 3.32. The second kappa shape index (κ2) is 4.45. The van der Waals surface area contributed by atoms with Crippen molar-refractivity contribution in [3.8, 4) is 11.1 Å². The largest absolute Gasteiger partial charge is 0.249 e. The highest BCUT2D eigenvalue weighted by Gasteiger charge is 2.07. The maximum atomic E-state index is 4.23. The molecule has 1 nitrogen and oxygen atoms in total. The summed E-state index contributed by atoms with van der Waals surface area (Å²) in [5.74, 6) is 0. The molecule has 1 heterocycles. The van der Waals surface area contributed by atoms with E-state index in [1.807, 2.05) is 6.07 Å². The number of rotatable bonds is 1. The molecule has 2 rings (SSSR count). The number of halogens is 2. The number of hydrogen-bond donors (Lipinski definition) is 0. The van der Waals surface area contributed by atoms with Crippen LogP contribution in [0, 0.1) is 6.92 Å². The first-order valence-corrected chi connectivity index (χ1v) is 6.14. The van der Waals surface area contributed by atoms with Gasteiger partial charge in [-0.15, -0.1) is 0 Å². The Hall–Kier alpha value is -0.670.